The second-order valence-corrected chi connectivity index (χ2v) is 6.80. The number of alkyl halides is 1. The molecule has 0 aliphatic heterocycles. The van der Waals surface area contributed by atoms with Crippen molar-refractivity contribution in [2.75, 3.05) is 18.4 Å². The first-order valence-corrected chi connectivity index (χ1v) is 8.41. The van der Waals surface area contributed by atoms with Crippen LogP contribution in [0.3, 0.4) is 0 Å². The third-order valence-corrected chi connectivity index (χ3v) is 5.27. The van der Waals surface area contributed by atoms with Crippen molar-refractivity contribution in [2.45, 2.75) is 18.4 Å². The van der Waals surface area contributed by atoms with Gasteiger partial charge in [0.25, 0.3) is 10.0 Å². The number of aromatic nitrogens is 3. The minimum absolute atomic E-state index is 0.0897. The van der Waals surface area contributed by atoms with Crippen molar-refractivity contribution in [3.8, 4) is 0 Å². The third-order valence-electron chi connectivity index (χ3n) is 2.13. The van der Waals surface area contributed by atoms with Gasteiger partial charge in [-0.05, 0) is 22.4 Å². The van der Waals surface area contributed by atoms with E-state index in [1.807, 2.05) is 6.92 Å². The van der Waals surface area contributed by atoms with Crippen molar-refractivity contribution >= 4 is 41.9 Å². The number of hydrogen-bond donors (Lipinski definition) is 0. The molecule has 6 nitrogen and oxygen atoms in total. The van der Waals surface area contributed by atoms with Crippen LogP contribution in [0.25, 0.3) is 0 Å². The lowest BCUT2D eigenvalue weighted by Crippen LogP contribution is -2.34. The lowest BCUT2D eigenvalue weighted by molar-refractivity contribution is 0.423. The Hall–Kier alpha value is 0.0100. The molecule has 0 spiro atoms. The number of halogens is 2. The molecule has 0 saturated heterocycles. The molecule has 0 aliphatic rings. The molecule has 0 unspecified atom stereocenters. The predicted molar refractivity (Wildman–Crippen MR) is 71.5 cm³/mol. The molecule has 1 aromatic heterocycles. The Balaban J connectivity index is 3.16. The highest BCUT2D eigenvalue weighted by Gasteiger charge is 2.29. The first-order chi connectivity index (χ1) is 7.95. The molecule has 0 saturated carbocycles. The average Bonchev–Trinajstić information content (AvgIpc) is 2.58. The second-order valence-electron chi connectivity index (χ2n) is 3.40. The second kappa shape index (κ2) is 6.26. The molecular weight excluding hydrogens is 376 g/mol. The maximum absolute atomic E-state index is 12.4. The smallest absolute Gasteiger partial charge is 0.235 e. The van der Waals surface area contributed by atoms with E-state index in [-0.39, 0.29) is 9.63 Å². The summed E-state index contributed by atoms with van der Waals surface area (Å²) < 4.78 is 27.7. The van der Waals surface area contributed by atoms with E-state index in [0.29, 0.717) is 18.4 Å². The van der Waals surface area contributed by atoms with Gasteiger partial charge < -0.3 is 0 Å². The first kappa shape index (κ1) is 15.1. The van der Waals surface area contributed by atoms with Crippen LogP contribution in [0.2, 0.25) is 0 Å². The van der Waals surface area contributed by atoms with Crippen LogP contribution in [0.1, 0.15) is 13.3 Å². The van der Waals surface area contributed by atoms with Crippen LogP contribution in [-0.2, 0) is 17.1 Å². The predicted octanol–water partition coefficient (Wildman–Crippen LogP) is 1.37. The van der Waals surface area contributed by atoms with Crippen LogP contribution in [0, 0.1) is 0 Å². The highest BCUT2D eigenvalue weighted by atomic mass is 79.9. The highest BCUT2D eigenvalue weighted by Crippen LogP contribution is 2.22. The Morgan fingerprint density at radius 1 is 1.41 bits per heavy atom. The molecular formula is C8H14Br2N4O2S. The summed E-state index contributed by atoms with van der Waals surface area (Å²) in [4.78, 5) is 0. The van der Waals surface area contributed by atoms with Gasteiger partial charge in [0.2, 0.25) is 5.03 Å². The van der Waals surface area contributed by atoms with Crippen LogP contribution in [-0.4, -0.2) is 46.1 Å². The quantitative estimate of drug-likeness (QED) is 0.689. The van der Waals surface area contributed by atoms with Gasteiger partial charge in [-0.2, -0.15) is 4.31 Å². The summed E-state index contributed by atoms with van der Waals surface area (Å²) in [6.45, 7) is 2.84. The SMILES string of the molecule is CCCN(CCBr)S(=O)(=O)c1c(Br)nnn1C. The minimum atomic E-state index is -3.55. The first-order valence-electron chi connectivity index (χ1n) is 5.06. The number of nitrogens with zero attached hydrogens (tertiary/aromatic N) is 4. The molecule has 0 amide bonds. The van der Waals surface area contributed by atoms with Gasteiger partial charge in [0.1, 0.15) is 0 Å². The van der Waals surface area contributed by atoms with Crippen molar-refractivity contribution in [3.05, 3.63) is 4.60 Å². The van der Waals surface area contributed by atoms with E-state index in [0.717, 1.165) is 6.42 Å². The van der Waals surface area contributed by atoms with Gasteiger partial charge in [0, 0.05) is 25.5 Å². The molecule has 0 radical (unpaired) electrons. The van der Waals surface area contributed by atoms with Crippen LogP contribution in [0.5, 0.6) is 0 Å². The molecule has 0 aliphatic carbocycles. The zero-order valence-corrected chi connectivity index (χ0v) is 13.6. The van der Waals surface area contributed by atoms with Gasteiger partial charge in [-0.15, -0.1) is 5.10 Å². The maximum Gasteiger partial charge on any atom is 0.263 e. The van der Waals surface area contributed by atoms with Crippen LogP contribution >= 0.6 is 31.9 Å². The molecule has 0 aromatic carbocycles. The Labute approximate surface area is 118 Å². The van der Waals surface area contributed by atoms with Gasteiger partial charge in [-0.25, -0.2) is 13.1 Å². The van der Waals surface area contributed by atoms with Gasteiger partial charge in [0.15, 0.2) is 4.60 Å². The van der Waals surface area contributed by atoms with Crippen LogP contribution in [0.15, 0.2) is 9.63 Å². The third kappa shape index (κ3) is 3.27. The van der Waals surface area contributed by atoms with Gasteiger partial charge in [-0.1, -0.05) is 28.1 Å². The van der Waals surface area contributed by atoms with Crippen LogP contribution in [0.4, 0.5) is 0 Å². The zero-order chi connectivity index (χ0) is 13.1. The molecule has 98 valence electrons. The van der Waals surface area contributed by atoms with Crippen LogP contribution < -0.4 is 0 Å². The van der Waals surface area contributed by atoms with E-state index in [1.54, 1.807) is 7.05 Å². The standard InChI is InChI=1S/C8H14Br2N4O2S/c1-3-5-14(6-4-9)17(15,16)8-7(10)11-12-13(8)2/h3-6H2,1-2H3. The Morgan fingerprint density at radius 3 is 2.47 bits per heavy atom. The maximum atomic E-state index is 12.4. The lowest BCUT2D eigenvalue weighted by Gasteiger charge is -2.20. The molecule has 0 fully saturated rings. The van der Waals surface area contributed by atoms with E-state index in [1.165, 1.54) is 8.99 Å². The lowest BCUT2D eigenvalue weighted by atomic mass is 10.5. The fourth-order valence-electron chi connectivity index (χ4n) is 1.41. The average molecular weight is 390 g/mol. The number of hydrogen-bond acceptors (Lipinski definition) is 4. The van der Waals surface area contributed by atoms with Gasteiger partial charge in [0.05, 0.1) is 0 Å². The van der Waals surface area contributed by atoms with E-state index in [2.05, 4.69) is 42.2 Å². The van der Waals surface area contributed by atoms with E-state index in [4.69, 9.17) is 0 Å². The minimum Gasteiger partial charge on any atom is -0.235 e. The monoisotopic (exact) mass is 388 g/mol. The fraction of sp³-hybridized carbons (Fsp3) is 0.750. The van der Waals surface area contributed by atoms with Crippen molar-refractivity contribution < 1.29 is 8.42 Å². The molecule has 1 rings (SSSR count). The Kier molecular flexibility index (Phi) is 5.55. The summed E-state index contributed by atoms with van der Waals surface area (Å²) in [6.07, 6.45) is 0.759. The normalized spacial score (nSPS) is 12.3. The molecule has 1 aromatic rings. The van der Waals surface area contributed by atoms with Crippen molar-refractivity contribution in [2.24, 2.45) is 7.05 Å². The number of rotatable bonds is 6. The number of sulfonamides is 1. The summed E-state index contributed by atoms with van der Waals surface area (Å²) in [5, 5.41) is 8.07. The summed E-state index contributed by atoms with van der Waals surface area (Å²) in [7, 11) is -1.99. The molecule has 0 N–H and O–H groups in total. The Morgan fingerprint density at radius 2 is 2.06 bits per heavy atom. The van der Waals surface area contributed by atoms with Gasteiger partial charge in [-0.3, -0.25) is 0 Å². The van der Waals surface area contributed by atoms with E-state index >= 15 is 0 Å². The van der Waals surface area contributed by atoms with Crippen molar-refractivity contribution in [1.29, 1.82) is 0 Å². The molecule has 1 heterocycles. The summed E-state index contributed by atoms with van der Waals surface area (Å²) in [6, 6.07) is 0. The molecule has 17 heavy (non-hydrogen) atoms. The zero-order valence-electron chi connectivity index (χ0n) is 9.60. The van der Waals surface area contributed by atoms with Gasteiger partial charge >= 0.3 is 0 Å². The largest absolute Gasteiger partial charge is 0.263 e. The molecule has 0 atom stereocenters. The summed E-state index contributed by atoms with van der Waals surface area (Å²) >= 11 is 6.37. The van der Waals surface area contributed by atoms with E-state index < -0.39 is 10.0 Å². The molecule has 9 heteroatoms. The summed E-state index contributed by atoms with van der Waals surface area (Å²) in [5.41, 5.74) is 0. The van der Waals surface area contributed by atoms with Crippen molar-refractivity contribution in [3.63, 3.8) is 0 Å². The summed E-state index contributed by atoms with van der Waals surface area (Å²) in [5.74, 6) is 0. The fourth-order valence-corrected chi connectivity index (χ4v) is 4.64. The van der Waals surface area contributed by atoms with E-state index in [9.17, 15) is 8.42 Å². The van der Waals surface area contributed by atoms with Crippen molar-refractivity contribution in [1.82, 2.24) is 19.3 Å². The highest BCUT2D eigenvalue weighted by molar-refractivity contribution is 9.10. The Bertz CT molecular complexity index is 448. The molecule has 0 bridgehead atoms. The topological polar surface area (TPSA) is 68.1 Å². The number of aryl methyl sites for hydroxylation is 1.